The van der Waals surface area contributed by atoms with Crippen LogP contribution in [0.4, 0.5) is 9.80 Å². The molecule has 0 radical (unpaired) electrons. The molecule has 0 spiro atoms. The first-order valence-electron chi connectivity index (χ1n) is 6.73. The molecule has 2 aromatic rings. The second-order valence-electron chi connectivity index (χ2n) is 4.96. The average molecular weight is 320 g/mol. The summed E-state index contributed by atoms with van der Waals surface area (Å²) < 4.78 is 15.8. The molecule has 1 aliphatic rings. The Bertz CT molecular complexity index is 727. The largest absolute Gasteiger partial charge is 0.454 e. The third-order valence-electron chi connectivity index (χ3n) is 3.31. The Balaban J connectivity index is 1.63. The van der Waals surface area contributed by atoms with Gasteiger partial charge in [0.25, 0.3) is 0 Å². The first-order chi connectivity index (χ1) is 10.5. The van der Waals surface area contributed by atoms with Crippen molar-refractivity contribution in [2.45, 2.75) is 20.4 Å². The van der Waals surface area contributed by atoms with Crippen LogP contribution in [0.25, 0.3) is 0 Å². The van der Waals surface area contributed by atoms with Crippen molar-refractivity contribution in [3.8, 4) is 17.2 Å². The van der Waals surface area contributed by atoms with E-state index in [1.165, 1.54) is 11.3 Å². The summed E-state index contributed by atoms with van der Waals surface area (Å²) in [4.78, 5) is 12.8. The van der Waals surface area contributed by atoms with Crippen LogP contribution in [-0.4, -0.2) is 12.9 Å². The number of carbonyl (C=O) groups is 1. The van der Waals surface area contributed by atoms with Crippen LogP contribution in [0, 0.1) is 13.8 Å². The van der Waals surface area contributed by atoms with Crippen molar-refractivity contribution in [3.63, 3.8) is 0 Å². The summed E-state index contributed by atoms with van der Waals surface area (Å²) in [6.45, 7) is 4.42. The number of hydrogen-bond donors (Lipinski definition) is 2. The number of rotatable bonds is 3. The smallest absolute Gasteiger partial charge is 0.412 e. The van der Waals surface area contributed by atoms with E-state index in [4.69, 9.17) is 19.9 Å². The van der Waals surface area contributed by atoms with Crippen LogP contribution in [0.15, 0.2) is 18.2 Å². The lowest BCUT2D eigenvalue weighted by molar-refractivity contribution is 0.174. The first kappa shape index (κ1) is 14.5. The lowest BCUT2D eigenvalue weighted by Crippen LogP contribution is -2.26. The van der Waals surface area contributed by atoms with Crippen LogP contribution in [0.1, 0.15) is 16.0 Å². The van der Waals surface area contributed by atoms with Gasteiger partial charge in [-0.2, -0.15) is 0 Å². The molecular formula is C15H16N2O4S. The molecule has 7 heteroatoms. The molecule has 0 saturated carbocycles. The minimum absolute atomic E-state index is 0.227. The Hall–Kier alpha value is -2.41. The lowest BCUT2D eigenvalue weighted by atomic mass is 10.1. The molecule has 2 heterocycles. The predicted molar refractivity (Wildman–Crippen MR) is 83.6 cm³/mol. The third kappa shape index (κ3) is 2.94. The summed E-state index contributed by atoms with van der Waals surface area (Å²) in [6, 6.07) is 5.50. The Kier molecular flexibility index (Phi) is 3.81. The molecule has 1 aromatic carbocycles. The number of amides is 1. The van der Waals surface area contributed by atoms with Gasteiger partial charge in [0.2, 0.25) is 6.79 Å². The van der Waals surface area contributed by atoms with Gasteiger partial charge >= 0.3 is 6.09 Å². The molecule has 116 valence electrons. The Morgan fingerprint density at radius 1 is 1.32 bits per heavy atom. The van der Waals surface area contributed by atoms with E-state index in [0.717, 1.165) is 21.8 Å². The molecule has 22 heavy (non-hydrogen) atoms. The van der Waals surface area contributed by atoms with Gasteiger partial charge in [-0.3, -0.25) is 0 Å². The van der Waals surface area contributed by atoms with Gasteiger partial charge in [0.15, 0.2) is 17.2 Å². The number of nitrogen functional groups attached to an aromatic ring is 1. The molecule has 0 unspecified atom stereocenters. The Morgan fingerprint density at radius 2 is 2.05 bits per heavy atom. The highest BCUT2D eigenvalue weighted by molar-refractivity contribution is 7.16. The van der Waals surface area contributed by atoms with Crippen LogP contribution < -0.4 is 25.3 Å². The summed E-state index contributed by atoms with van der Waals surface area (Å²) >= 11 is 1.38. The number of thiophene rings is 1. The summed E-state index contributed by atoms with van der Waals surface area (Å²) in [6.07, 6.45) is -0.540. The Labute approximate surface area is 131 Å². The van der Waals surface area contributed by atoms with E-state index in [2.05, 4.69) is 5.32 Å². The predicted octanol–water partition coefficient (Wildman–Crippen LogP) is 2.96. The third-order valence-corrected chi connectivity index (χ3v) is 4.17. The van der Waals surface area contributed by atoms with Gasteiger partial charge in [0.05, 0.1) is 0 Å². The SMILES string of the molecule is Cc1cc(OC(=O)NCc2cc3c(cc2C)OCO3)c(N)s1. The molecule has 3 rings (SSSR count). The van der Waals surface area contributed by atoms with Gasteiger partial charge in [-0.25, -0.2) is 4.79 Å². The molecule has 0 aliphatic carbocycles. The standard InChI is InChI=1S/C15H16N2O4S/c1-8-3-11-12(20-7-19-11)5-10(8)6-17-15(18)21-13-4-9(2)22-14(13)16/h3-5H,6-7,16H2,1-2H3,(H,17,18). The molecule has 6 nitrogen and oxygen atoms in total. The fourth-order valence-electron chi connectivity index (χ4n) is 2.17. The van der Waals surface area contributed by atoms with Gasteiger partial charge in [-0.05, 0) is 43.2 Å². The monoisotopic (exact) mass is 320 g/mol. The molecule has 1 amide bonds. The molecule has 0 bridgehead atoms. The van der Waals surface area contributed by atoms with Gasteiger partial charge in [-0.1, -0.05) is 0 Å². The van der Waals surface area contributed by atoms with Crippen LogP contribution in [0.2, 0.25) is 0 Å². The quantitative estimate of drug-likeness (QED) is 0.908. The topological polar surface area (TPSA) is 82.8 Å². The highest BCUT2D eigenvalue weighted by atomic mass is 32.1. The van der Waals surface area contributed by atoms with Gasteiger partial charge in [-0.15, -0.1) is 11.3 Å². The van der Waals surface area contributed by atoms with E-state index in [1.54, 1.807) is 6.07 Å². The maximum atomic E-state index is 11.9. The number of carbonyl (C=O) groups excluding carboxylic acids is 1. The second kappa shape index (κ2) is 5.76. The number of fused-ring (bicyclic) bond motifs is 1. The number of anilines is 1. The number of nitrogens with two attached hydrogens (primary N) is 1. The van der Waals surface area contributed by atoms with Crippen molar-refractivity contribution in [2.24, 2.45) is 0 Å². The van der Waals surface area contributed by atoms with Crippen molar-refractivity contribution in [1.82, 2.24) is 5.32 Å². The van der Waals surface area contributed by atoms with E-state index in [9.17, 15) is 4.79 Å². The molecule has 0 fully saturated rings. The van der Waals surface area contributed by atoms with Gasteiger partial charge < -0.3 is 25.3 Å². The fraction of sp³-hybridized carbons (Fsp3) is 0.267. The van der Waals surface area contributed by atoms with Crippen LogP contribution >= 0.6 is 11.3 Å². The number of aryl methyl sites for hydroxylation is 2. The van der Waals surface area contributed by atoms with Crippen molar-refractivity contribution >= 4 is 22.4 Å². The average Bonchev–Trinajstić information content (AvgIpc) is 3.02. The summed E-state index contributed by atoms with van der Waals surface area (Å²) in [5.74, 6) is 1.81. The van der Waals surface area contributed by atoms with Gasteiger partial charge in [0.1, 0.15) is 5.00 Å². The highest BCUT2D eigenvalue weighted by Crippen LogP contribution is 2.34. The molecule has 1 aromatic heterocycles. The van der Waals surface area contributed by atoms with E-state index < -0.39 is 6.09 Å². The maximum absolute atomic E-state index is 11.9. The van der Waals surface area contributed by atoms with E-state index in [1.807, 2.05) is 26.0 Å². The second-order valence-corrected chi connectivity index (χ2v) is 6.25. The molecular weight excluding hydrogens is 304 g/mol. The maximum Gasteiger partial charge on any atom is 0.412 e. The molecule has 0 saturated heterocycles. The fourth-order valence-corrected chi connectivity index (χ4v) is 2.88. The van der Waals surface area contributed by atoms with Gasteiger partial charge in [0, 0.05) is 11.4 Å². The Morgan fingerprint density at radius 3 is 2.73 bits per heavy atom. The van der Waals surface area contributed by atoms with Crippen molar-refractivity contribution < 1.29 is 19.0 Å². The zero-order valence-corrected chi connectivity index (χ0v) is 13.1. The van der Waals surface area contributed by atoms with Crippen molar-refractivity contribution in [1.29, 1.82) is 0 Å². The van der Waals surface area contributed by atoms with Crippen molar-refractivity contribution in [3.05, 3.63) is 34.2 Å². The van der Waals surface area contributed by atoms with Crippen LogP contribution in [0.5, 0.6) is 17.2 Å². The number of hydrogen-bond acceptors (Lipinski definition) is 6. The zero-order chi connectivity index (χ0) is 15.7. The number of nitrogens with one attached hydrogen (secondary N) is 1. The summed E-state index contributed by atoms with van der Waals surface area (Å²) in [5, 5.41) is 3.20. The summed E-state index contributed by atoms with van der Waals surface area (Å²) in [5.41, 5.74) is 7.72. The van der Waals surface area contributed by atoms with Crippen LogP contribution in [-0.2, 0) is 6.54 Å². The lowest BCUT2D eigenvalue weighted by Gasteiger charge is -2.09. The summed E-state index contributed by atoms with van der Waals surface area (Å²) in [7, 11) is 0. The minimum Gasteiger partial charge on any atom is -0.454 e. The van der Waals surface area contributed by atoms with Crippen molar-refractivity contribution in [2.75, 3.05) is 12.5 Å². The van der Waals surface area contributed by atoms with E-state index >= 15 is 0 Å². The normalized spacial score (nSPS) is 12.3. The first-order valence-corrected chi connectivity index (χ1v) is 7.55. The number of benzene rings is 1. The van der Waals surface area contributed by atoms with E-state index in [0.29, 0.717) is 23.0 Å². The molecule has 1 aliphatic heterocycles. The minimum atomic E-state index is -0.540. The number of ether oxygens (including phenoxy) is 3. The van der Waals surface area contributed by atoms with E-state index in [-0.39, 0.29) is 6.79 Å². The highest BCUT2D eigenvalue weighted by Gasteiger charge is 2.16. The zero-order valence-electron chi connectivity index (χ0n) is 12.3. The molecule has 3 N–H and O–H groups in total. The van der Waals surface area contributed by atoms with Crippen LogP contribution in [0.3, 0.4) is 0 Å². The molecule has 0 atom stereocenters.